The third-order valence-corrected chi connectivity index (χ3v) is 4.54. The summed E-state index contributed by atoms with van der Waals surface area (Å²) in [7, 11) is -1.34. The first kappa shape index (κ1) is 16.4. The van der Waals surface area contributed by atoms with Gasteiger partial charge in [0.1, 0.15) is 15.6 Å². The van der Waals surface area contributed by atoms with Gasteiger partial charge in [0.15, 0.2) is 0 Å². The van der Waals surface area contributed by atoms with Crippen LogP contribution in [0.25, 0.3) is 0 Å². The molecule has 1 aromatic carbocycles. The molecule has 3 N–H and O–H groups in total. The van der Waals surface area contributed by atoms with Gasteiger partial charge in [0, 0.05) is 22.5 Å². The van der Waals surface area contributed by atoms with Gasteiger partial charge in [-0.2, -0.15) is 0 Å². The lowest BCUT2D eigenvalue weighted by atomic mass is 10.0. The van der Waals surface area contributed by atoms with Crippen molar-refractivity contribution in [3.63, 3.8) is 0 Å². The summed E-state index contributed by atoms with van der Waals surface area (Å²) in [6, 6.07) is 5.49. The Morgan fingerprint density at radius 2 is 2.16 bits per heavy atom. The molecule has 5 nitrogen and oxygen atoms in total. The molecule has 0 aliphatic rings. The van der Waals surface area contributed by atoms with Gasteiger partial charge in [0.25, 0.3) is 0 Å². The predicted molar refractivity (Wildman–Crippen MR) is 79.7 cm³/mol. The van der Waals surface area contributed by atoms with Crippen molar-refractivity contribution >= 4 is 25.8 Å². The van der Waals surface area contributed by atoms with Gasteiger partial charge in [0.2, 0.25) is 0 Å². The van der Waals surface area contributed by atoms with E-state index in [0.717, 1.165) is 15.8 Å². The quantitative estimate of drug-likeness (QED) is 0.578. The van der Waals surface area contributed by atoms with Crippen molar-refractivity contribution in [1.29, 1.82) is 0 Å². The van der Waals surface area contributed by atoms with E-state index in [2.05, 4.69) is 21.4 Å². The molecular weight excluding hydrogens is 332 g/mol. The molecular formula is C12H19BrN2O3S. The number of nitrogens with one attached hydrogen (secondary N) is 1. The molecule has 0 fully saturated rings. The van der Waals surface area contributed by atoms with E-state index < -0.39 is 9.84 Å². The van der Waals surface area contributed by atoms with E-state index in [1.54, 1.807) is 7.11 Å². The maximum atomic E-state index is 11.1. The fraction of sp³-hybridized carbons (Fsp3) is 0.500. The molecule has 0 aliphatic carbocycles. The zero-order valence-corrected chi connectivity index (χ0v) is 13.4. The summed E-state index contributed by atoms with van der Waals surface area (Å²) < 4.78 is 28.3. The zero-order valence-electron chi connectivity index (χ0n) is 11.0. The van der Waals surface area contributed by atoms with Crippen LogP contribution in [0.4, 0.5) is 0 Å². The van der Waals surface area contributed by atoms with Crippen LogP contribution in [0.3, 0.4) is 0 Å². The van der Waals surface area contributed by atoms with Crippen LogP contribution in [0.15, 0.2) is 22.7 Å². The second-order valence-corrected chi connectivity index (χ2v) is 7.49. The van der Waals surface area contributed by atoms with E-state index in [0.29, 0.717) is 12.8 Å². The Hall–Kier alpha value is -0.630. The maximum Gasteiger partial charge on any atom is 0.147 e. The number of sulfone groups is 1. The molecule has 0 saturated carbocycles. The second-order valence-electron chi connectivity index (χ2n) is 4.38. The third kappa shape index (κ3) is 5.48. The summed E-state index contributed by atoms with van der Waals surface area (Å²) in [5.74, 6) is 6.45. The highest BCUT2D eigenvalue weighted by Crippen LogP contribution is 2.29. The highest BCUT2D eigenvalue weighted by atomic mass is 79.9. The number of hydrogen-bond acceptors (Lipinski definition) is 5. The molecule has 19 heavy (non-hydrogen) atoms. The monoisotopic (exact) mass is 350 g/mol. The molecule has 0 bridgehead atoms. The standard InChI is InChI=1S/C12H19BrN2O3S/c1-18-9-5-6-11(13)10(8-9)12(15-14)4-3-7-19(2,16)17/h5-6,8,12,15H,3-4,7,14H2,1-2H3. The van der Waals surface area contributed by atoms with Crippen LogP contribution < -0.4 is 16.0 Å². The van der Waals surface area contributed by atoms with Gasteiger partial charge in [-0.1, -0.05) is 15.9 Å². The van der Waals surface area contributed by atoms with Crippen molar-refractivity contribution in [2.45, 2.75) is 18.9 Å². The van der Waals surface area contributed by atoms with E-state index in [4.69, 9.17) is 10.6 Å². The van der Waals surface area contributed by atoms with E-state index in [1.807, 2.05) is 18.2 Å². The lowest BCUT2D eigenvalue weighted by Gasteiger charge is -2.18. The smallest absolute Gasteiger partial charge is 0.147 e. The van der Waals surface area contributed by atoms with Gasteiger partial charge >= 0.3 is 0 Å². The molecule has 7 heteroatoms. The van der Waals surface area contributed by atoms with Gasteiger partial charge < -0.3 is 4.74 Å². The molecule has 1 aromatic rings. The van der Waals surface area contributed by atoms with Crippen LogP contribution in [0.2, 0.25) is 0 Å². The van der Waals surface area contributed by atoms with Crippen LogP contribution in [0, 0.1) is 0 Å². The van der Waals surface area contributed by atoms with Gasteiger partial charge in [-0.05, 0) is 36.6 Å². The van der Waals surface area contributed by atoms with Crippen LogP contribution in [0.1, 0.15) is 24.4 Å². The number of halogens is 1. The fourth-order valence-electron chi connectivity index (χ4n) is 1.79. The first-order chi connectivity index (χ1) is 8.87. The number of rotatable bonds is 7. The largest absolute Gasteiger partial charge is 0.497 e. The Morgan fingerprint density at radius 1 is 1.47 bits per heavy atom. The molecule has 1 rings (SSSR count). The summed E-state index contributed by atoms with van der Waals surface area (Å²) in [6.45, 7) is 0. The summed E-state index contributed by atoms with van der Waals surface area (Å²) in [6.07, 6.45) is 2.42. The summed E-state index contributed by atoms with van der Waals surface area (Å²) in [5, 5.41) is 0. The molecule has 0 aliphatic heterocycles. The van der Waals surface area contributed by atoms with Crippen molar-refractivity contribution in [2.75, 3.05) is 19.1 Å². The lowest BCUT2D eigenvalue weighted by molar-refractivity contribution is 0.412. The lowest BCUT2D eigenvalue weighted by Crippen LogP contribution is -2.28. The first-order valence-corrected chi connectivity index (χ1v) is 8.70. The number of nitrogens with two attached hydrogens (primary N) is 1. The van der Waals surface area contributed by atoms with E-state index >= 15 is 0 Å². The Labute approximate surface area is 122 Å². The average Bonchev–Trinajstić information content (AvgIpc) is 2.34. The van der Waals surface area contributed by atoms with Gasteiger partial charge in [0.05, 0.1) is 7.11 Å². The molecule has 1 unspecified atom stereocenters. The van der Waals surface area contributed by atoms with Crippen molar-refractivity contribution in [3.05, 3.63) is 28.2 Å². The normalized spacial score (nSPS) is 13.3. The van der Waals surface area contributed by atoms with Crippen LogP contribution in [-0.4, -0.2) is 27.5 Å². The highest BCUT2D eigenvalue weighted by molar-refractivity contribution is 9.10. The van der Waals surface area contributed by atoms with Gasteiger partial charge in [-0.15, -0.1) is 0 Å². The fourth-order valence-corrected chi connectivity index (χ4v) is 3.01. The Kier molecular flexibility index (Phi) is 6.25. The topological polar surface area (TPSA) is 81.4 Å². The molecule has 108 valence electrons. The van der Waals surface area contributed by atoms with Crippen molar-refractivity contribution in [2.24, 2.45) is 5.84 Å². The maximum absolute atomic E-state index is 11.1. The Balaban J connectivity index is 2.79. The van der Waals surface area contributed by atoms with E-state index in [-0.39, 0.29) is 11.8 Å². The average molecular weight is 351 g/mol. The predicted octanol–water partition coefficient (Wildman–Crippen LogP) is 1.79. The number of methoxy groups -OCH3 is 1. The molecule has 1 atom stereocenters. The molecule has 0 aromatic heterocycles. The van der Waals surface area contributed by atoms with Crippen molar-refractivity contribution in [1.82, 2.24) is 5.43 Å². The number of ether oxygens (including phenoxy) is 1. The molecule has 0 spiro atoms. The van der Waals surface area contributed by atoms with Gasteiger partial charge in [-0.25, -0.2) is 8.42 Å². The van der Waals surface area contributed by atoms with Crippen LogP contribution >= 0.6 is 15.9 Å². The van der Waals surface area contributed by atoms with Gasteiger partial charge in [-0.3, -0.25) is 11.3 Å². The molecule has 0 heterocycles. The minimum absolute atomic E-state index is 0.119. The first-order valence-electron chi connectivity index (χ1n) is 5.84. The minimum atomic E-state index is -2.94. The SMILES string of the molecule is COc1ccc(Br)c(C(CCCS(C)(=O)=O)NN)c1. The number of benzene rings is 1. The molecule has 0 amide bonds. The van der Waals surface area contributed by atoms with Crippen LogP contribution in [-0.2, 0) is 9.84 Å². The summed E-state index contributed by atoms with van der Waals surface area (Å²) in [4.78, 5) is 0. The van der Waals surface area contributed by atoms with Crippen molar-refractivity contribution in [3.8, 4) is 5.75 Å². The second kappa shape index (κ2) is 7.23. The highest BCUT2D eigenvalue weighted by Gasteiger charge is 2.15. The van der Waals surface area contributed by atoms with E-state index in [9.17, 15) is 8.42 Å². The summed E-state index contributed by atoms with van der Waals surface area (Å²) in [5.41, 5.74) is 3.67. The Bertz CT molecular complexity index is 520. The number of hydrazine groups is 1. The summed E-state index contributed by atoms with van der Waals surface area (Å²) >= 11 is 3.46. The minimum Gasteiger partial charge on any atom is -0.497 e. The number of hydrogen-bond donors (Lipinski definition) is 2. The Morgan fingerprint density at radius 3 is 2.68 bits per heavy atom. The van der Waals surface area contributed by atoms with E-state index in [1.165, 1.54) is 6.26 Å². The third-order valence-electron chi connectivity index (χ3n) is 2.79. The molecule has 0 radical (unpaired) electrons. The van der Waals surface area contributed by atoms with Crippen LogP contribution in [0.5, 0.6) is 5.75 Å². The zero-order chi connectivity index (χ0) is 14.5. The molecule has 0 saturated heterocycles. The van der Waals surface area contributed by atoms with Crippen molar-refractivity contribution < 1.29 is 13.2 Å².